The Kier molecular flexibility index (Phi) is 7.54. The summed E-state index contributed by atoms with van der Waals surface area (Å²) in [7, 11) is 0. The van der Waals surface area contributed by atoms with E-state index in [0.717, 1.165) is 37.0 Å². The molecule has 0 unspecified atom stereocenters. The highest BCUT2D eigenvalue weighted by Gasteiger charge is 2.26. The van der Waals surface area contributed by atoms with Crippen LogP contribution < -0.4 is 4.74 Å². The van der Waals surface area contributed by atoms with Crippen molar-refractivity contribution in [3.05, 3.63) is 64.7 Å². The van der Waals surface area contributed by atoms with Crippen molar-refractivity contribution in [2.75, 3.05) is 6.61 Å². The lowest BCUT2D eigenvalue weighted by Gasteiger charge is -2.30. The Morgan fingerprint density at radius 2 is 1.64 bits per heavy atom. The molecule has 2 heteroatoms. The third-order valence-corrected chi connectivity index (χ3v) is 6.08. The number of ether oxygens (including phenoxy) is 1. The van der Waals surface area contributed by atoms with Crippen molar-refractivity contribution in [3.63, 3.8) is 0 Å². The monoisotopic (exact) mass is 375 g/mol. The van der Waals surface area contributed by atoms with Gasteiger partial charge < -0.3 is 4.74 Å². The summed E-state index contributed by atoms with van der Waals surface area (Å²) in [6.07, 6.45) is 9.19. The number of benzene rings is 2. The highest BCUT2D eigenvalue weighted by atomic mass is 16.5. The van der Waals surface area contributed by atoms with E-state index >= 15 is 0 Å². The molecule has 0 amide bonds. The van der Waals surface area contributed by atoms with Crippen molar-refractivity contribution in [1.29, 1.82) is 5.26 Å². The zero-order valence-corrected chi connectivity index (χ0v) is 17.4. The Labute approximate surface area is 170 Å². The number of rotatable bonds is 8. The second kappa shape index (κ2) is 10.3. The van der Waals surface area contributed by atoms with Gasteiger partial charge in [0, 0.05) is 0 Å². The maximum Gasteiger partial charge on any atom is 0.137 e. The molecule has 148 valence electrons. The van der Waals surface area contributed by atoms with Crippen LogP contribution in [0.15, 0.2) is 42.5 Å². The third-order valence-electron chi connectivity index (χ3n) is 6.08. The summed E-state index contributed by atoms with van der Waals surface area (Å²) in [6.45, 7) is 5.07. The highest BCUT2D eigenvalue weighted by molar-refractivity contribution is 5.50. The van der Waals surface area contributed by atoms with Gasteiger partial charge in [-0.05, 0) is 73.1 Å². The predicted octanol–water partition coefficient (Wildman–Crippen LogP) is 7.13. The molecule has 2 aromatic carbocycles. The number of nitrogens with zero attached hydrogens (tertiary/aromatic N) is 1. The first-order valence-corrected chi connectivity index (χ1v) is 11.0. The summed E-state index contributed by atoms with van der Waals surface area (Å²) in [4.78, 5) is 0. The highest BCUT2D eigenvalue weighted by Crippen LogP contribution is 2.42. The average Bonchev–Trinajstić information content (AvgIpc) is 2.75. The molecule has 0 aromatic heterocycles. The van der Waals surface area contributed by atoms with Crippen LogP contribution in [0.1, 0.15) is 92.9 Å². The lowest BCUT2D eigenvalue weighted by molar-refractivity contribution is 0.307. The van der Waals surface area contributed by atoms with Gasteiger partial charge in [-0.1, -0.05) is 63.1 Å². The largest absolute Gasteiger partial charge is 0.492 e. The van der Waals surface area contributed by atoms with E-state index in [4.69, 9.17) is 4.74 Å². The molecule has 0 spiro atoms. The van der Waals surface area contributed by atoms with Crippen LogP contribution in [0.5, 0.6) is 5.75 Å². The van der Waals surface area contributed by atoms with Gasteiger partial charge in [0.05, 0.1) is 12.2 Å². The Bertz CT molecular complexity index is 779. The van der Waals surface area contributed by atoms with E-state index in [1.807, 2.05) is 6.07 Å². The Morgan fingerprint density at radius 3 is 2.29 bits per heavy atom. The zero-order chi connectivity index (χ0) is 19.8. The third kappa shape index (κ3) is 4.96. The van der Waals surface area contributed by atoms with Crippen LogP contribution in [-0.2, 0) is 6.42 Å². The minimum atomic E-state index is 0.472. The molecule has 2 nitrogen and oxygen atoms in total. The van der Waals surface area contributed by atoms with Crippen molar-refractivity contribution in [2.45, 2.75) is 77.0 Å². The van der Waals surface area contributed by atoms with E-state index in [9.17, 15) is 5.26 Å². The number of hydrogen-bond acceptors (Lipinski definition) is 2. The molecule has 1 fully saturated rings. The normalized spacial score (nSPS) is 19.2. The van der Waals surface area contributed by atoms with E-state index in [2.05, 4.69) is 56.3 Å². The van der Waals surface area contributed by atoms with Crippen molar-refractivity contribution < 1.29 is 4.74 Å². The molecule has 0 aliphatic heterocycles. The summed E-state index contributed by atoms with van der Waals surface area (Å²) in [6, 6.07) is 17.8. The van der Waals surface area contributed by atoms with Gasteiger partial charge in [0.15, 0.2) is 0 Å². The van der Waals surface area contributed by atoms with Crippen LogP contribution >= 0.6 is 0 Å². The molecule has 1 aliphatic carbocycles. The maximum atomic E-state index is 9.76. The van der Waals surface area contributed by atoms with Gasteiger partial charge in [-0.3, -0.25) is 0 Å². The number of unbranched alkanes of at least 4 members (excludes halogenated alkanes) is 1. The molecule has 2 aromatic rings. The van der Waals surface area contributed by atoms with Crippen LogP contribution in [0.2, 0.25) is 0 Å². The van der Waals surface area contributed by atoms with Crippen molar-refractivity contribution in [1.82, 2.24) is 0 Å². The molecule has 0 atom stereocenters. The lowest BCUT2D eigenvalue weighted by atomic mass is 9.75. The van der Waals surface area contributed by atoms with Gasteiger partial charge in [0.2, 0.25) is 0 Å². The standard InChI is InChI=1S/C26H33NO/c1-3-5-18-28-26-9-6-8-24(25(26)19-27)23-16-14-22(15-17-23)21-12-10-20(7-4-2)11-13-21/h6,8-13,22-23H,3-5,7,14-18H2,1-2H3. The van der Waals surface area contributed by atoms with Gasteiger partial charge >= 0.3 is 0 Å². The molecule has 0 radical (unpaired) electrons. The molecular weight excluding hydrogens is 342 g/mol. The minimum absolute atomic E-state index is 0.472. The molecule has 1 saturated carbocycles. The molecule has 3 rings (SSSR count). The lowest BCUT2D eigenvalue weighted by Crippen LogP contribution is -2.13. The molecule has 28 heavy (non-hydrogen) atoms. The van der Waals surface area contributed by atoms with E-state index in [-0.39, 0.29) is 0 Å². The molecule has 0 N–H and O–H groups in total. The SMILES string of the molecule is CCCCOc1cccc(C2CCC(c3ccc(CCC)cc3)CC2)c1C#N. The fraction of sp³-hybridized carbons (Fsp3) is 0.500. The summed E-state index contributed by atoms with van der Waals surface area (Å²) < 4.78 is 5.90. The van der Waals surface area contributed by atoms with E-state index < -0.39 is 0 Å². The molecule has 0 heterocycles. The summed E-state index contributed by atoms with van der Waals surface area (Å²) >= 11 is 0. The summed E-state index contributed by atoms with van der Waals surface area (Å²) in [5.41, 5.74) is 4.87. The molecule has 1 aliphatic rings. The predicted molar refractivity (Wildman–Crippen MR) is 116 cm³/mol. The molecule has 0 saturated heterocycles. The van der Waals surface area contributed by atoms with Crippen molar-refractivity contribution in [2.24, 2.45) is 0 Å². The first-order valence-electron chi connectivity index (χ1n) is 11.0. The summed E-state index contributed by atoms with van der Waals surface area (Å²) in [5.74, 6) is 1.89. The minimum Gasteiger partial charge on any atom is -0.492 e. The van der Waals surface area contributed by atoms with E-state index in [1.54, 1.807) is 0 Å². The van der Waals surface area contributed by atoms with Gasteiger partial charge in [0.25, 0.3) is 0 Å². The zero-order valence-electron chi connectivity index (χ0n) is 17.4. The first kappa shape index (κ1) is 20.5. The Morgan fingerprint density at radius 1 is 0.929 bits per heavy atom. The fourth-order valence-corrected chi connectivity index (χ4v) is 4.44. The first-order chi connectivity index (χ1) is 13.8. The quantitative estimate of drug-likeness (QED) is 0.460. The van der Waals surface area contributed by atoms with Crippen LogP contribution in [-0.4, -0.2) is 6.61 Å². The fourth-order valence-electron chi connectivity index (χ4n) is 4.44. The number of aryl methyl sites for hydroxylation is 1. The maximum absolute atomic E-state index is 9.76. The van der Waals surface area contributed by atoms with Crippen molar-refractivity contribution in [3.8, 4) is 11.8 Å². The van der Waals surface area contributed by atoms with Gasteiger partial charge in [-0.25, -0.2) is 0 Å². The Balaban J connectivity index is 1.66. The second-order valence-electron chi connectivity index (χ2n) is 8.07. The molecule has 0 bridgehead atoms. The van der Waals surface area contributed by atoms with Gasteiger partial charge in [-0.2, -0.15) is 5.26 Å². The van der Waals surface area contributed by atoms with Crippen LogP contribution in [0.4, 0.5) is 0 Å². The van der Waals surface area contributed by atoms with E-state index in [1.165, 1.54) is 42.4 Å². The van der Waals surface area contributed by atoms with Crippen molar-refractivity contribution >= 4 is 0 Å². The van der Waals surface area contributed by atoms with Gasteiger partial charge in [0.1, 0.15) is 11.8 Å². The van der Waals surface area contributed by atoms with Gasteiger partial charge in [-0.15, -0.1) is 0 Å². The average molecular weight is 376 g/mol. The second-order valence-corrected chi connectivity index (χ2v) is 8.07. The van der Waals surface area contributed by atoms with Crippen LogP contribution in [0, 0.1) is 11.3 Å². The van der Waals surface area contributed by atoms with Crippen LogP contribution in [0.25, 0.3) is 0 Å². The topological polar surface area (TPSA) is 33.0 Å². The van der Waals surface area contributed by atoms with E-state index in [0.29, 0.717) is 18.4 Å². The number of hydrogen-bond donors (Lipinski definition) is 0. The Hall–Kier alpha value is -2.27. The number of nitriles is 1. The molecular formula is C26H33NO. The smallest absolute Gasteiger partial charge is 0.137 e. The summed E-state index contributed by atoms with van der Waals surface area (Å²) in [5, 5.41) is 9.76. The van der Waals surface area contributed by atoms with Crippen LogP contribution in [0.3, 0.4) is 0 Å².